The van der Waals surface area contributed by atoms with Crippen LogP contribution in [0.2, 0.25) is 0 Å². The van der Waals surface area contributed by atoms with Gasteiger partial charge < -0.3 is 10.5 Å². The number of ether oxygens (including phenoxy) is 1. The molecule has 0 saturated heterocycles. The number of rotatable bonds is 5. The highest BCUT2D eigenvalue weighted by Gasteiger charge is 2.21. The lowest BCUT2D eigenvalue weighted by Crippen LogP contribution is -2.31. The van der Waals surface area contributed by atoms with Crippen molar-refractivity contribution in [3.63, 3.8) is 0 Å². The smallest absolute Gasteiger partial charge is 0.140 e. The molecule has 2 atom stereocenters. The van der Waals surface area contributed by atoms with Crippen LogP contribution in [0.15, 0.2) is 35.0 Å². The monoisotopic (exact) mass is 275 g/mol. The van der Waals surface area contributed by atoms with Gasteiger partial charge in [0.2, 0.25) is 0 Å². The van der Waals surface area contributed by atoms with E-state index in [1.54, 1.807) is 11.3 Å². The molecule has 0 amide bonds. The molecule has 0 aliphatic carbocycles. The van der Waals surface area contributed by atoms with Gasteiger partial charge in [0, 0.05) is 11.6 Å². The van der Waals surface area contributed by atoms with E-state index in [1.807, 2.05) is 6.07 Å². The van der Waals surface area contributed by atoms with Crippen LogP contribution in [0.3, 0.4) is 0 Å². The van der Waals surface area contributed by atoms with Crippen LogP contribution in [-0.2, 0) is 0 Å². The molecule has 2 nitrogen and oxygen atoms in total. The molecule has 19 heavy (non-hydrogen) atoms. The summed E-state index contributed by atoms with van der Waals surface area (Å²) in [7, 11) is 0. The minimum Gasteiger partial charge on any atom is -0.484 e. The van der Waals surface area contributed by atoms with Gasteiger partial charge in [0.25, 0.3) is 0 Å². The molecule has 2 aromatic rings. The molecule has 3 heteroatoms. The van der Waals surface area contributed by atoms with Gasteiger partial charge in [-0.05, 0) is 48.7 Å². The van der Waals surface area contributed by atoms with E-state index in [2.05, 4.69) is 49.7 Å². The van der Waals surface area contributed by atoms with E-state index in [-0.39, 0.29) is 12.1 Å². The summed E-state index contributed by atoms with van der Waals surface area (Å²) in [5.74, 6) is 0.922. The molecule has 2 rings (SSSR count). The molecule has 0 saturated carbocycles. The fourth-order valence-corrected chi connectivity index (χ4v) is 2.81. The zero-order chi connectivity index (χ0) is 13.8. The second-order valence-corrected chi connectivity index (χ2v) is 5.72. The molecule has 0 aliphatic rings. The van der Waals surface area contributed by atoms with Crippen LogP contribution in [0, 0.1) is 13.8 Å². The van der Waals surface area contributed by atoms with Gasteiger partial charge >= 0.3 is 0 Å². The molecule has 2 N–H and O–H groups in total. The summed E-state index contributed by atoms with van der Waals surface area (Å²) in [6, 6.07) is 8.35. The summed E-state index contributed by atoms with van der Waals surface area (Å²) < 4.78 is 6.18. The molecule has 1 aromatic carbocycles. The molecule has 102 valence electrons. The summed E-state index contributed by atoms with van der Waals surface area (Å²) in [6.07, 6.45) is 0.823. The quantitative estimate of drug-likeness (QED) is 0.886. The lowest BCUT2D eigenvalue weighted by molar-refractivity contribution is 0.170. The first-order valence-electron chi connectivity index (χ1n) is 6.63. The molecule has 1 heterocycles. The highest BCUT2D eigenvalue weighted by molar-refractivity contribution is 7.07. The van der Waals surface area contributed by atoms with Gasteiger partial charge in [-0.3, -0.25) is 0 Å². The summed E-state index contributed by atoms with van der Waals surface area (Å²) in [6.45, 7) is 6.25. The summed E-state index contributed by atoms with van der Waals surface area (Å²) in [5.41, 5.74) is 9.78. The molecule has 1 aromatic heterocycles. The number of nitrogens with two attached hydrogens (primary N) is 1. The van der Waals surface area contributed by atoms with Crippen LogP contribution in [0.25, 0.3) is 0 Å². The molecular formula is C16H21NOS. The van der Waals surface area contributed by atoms with Crippen molar-refractivity contribution in [2.45, 2.75) is 39.3 Å². The topological polar surface area (TPSA) is 35.2 Å². The summed E-state index contributed by atoms with van der Waals surface area (Å²) in [5, 5.41) is 4.18. The first-order valence-corrected chi connectivity index (χ1v) is 7.57. The fourth-order valence-electron chi connectivity index (χ4n) is 2.12. The van der Waals surface area contributed by atoms with E-state index in [4.69, 9.17) is 10.5 Å². The van der Waals surface area contributed by atoms with Crippen molar-refractivity contribution in [3.8, 4) is 5.75 Å². The standard InChI is InChI=1S/C16H21NOS/c1-4-14(17)16(13-7-8-19-10-13)18-15-6-5-11(2)9-12(15)3/h5-10,14,16H,4,17H2,1-3H3. The van der Waals surface area contributed by atoms with Crippen molar-refractivity contribution in [1.82, 2.24) is 0 Å². The first kappa shape index (κ1) is 14.1. The van der Waals surface area contributed by atoms with E-state index in [0.717, 1.165) is 17.7 Å². The third-order valence-corrected chi connectivity index (χ3v) is 4.02. The Bertz CT molecular complexity index is 522. The second-order valence-electron chi connectivity index (χ2n) is 4.94. The number of benzene rings is 1. The number of thiophene rings is 1. The predicted octanol–water partition coefficient (Wildman–Crippen LogP) is 4.22. The lowest BCUT2D eigenvalue weighted by Gasteiger charge is -2.24. The van der Waals surface area contributed by atoms with Crippen LogP contribution in [-0.4, -0.2) is 6.04 Å². The molecule has 0 fully saturated rings. The Balaban J connectivity index is 2.25. The summed E-state index contributed by atoms with van der Waals surface area (Å²) in [4.78, 5) is 0. The normalized spacial score (nSPS) is 14.1. The zero-order valence-corrected chi connectivity index (χ0v) is 12.5. The van der Waals surface area contributed by atoms with Gasteiger partial charge in [0.1, 0.15) is 11.9 Å². The van der Waals surface area contributed by atoms with Gasteiger partial charge in [-0.1, -0.05) is 24.6 Å². The fraction of sp³-hybridized carbons (Fsp3) is 0.375. The van der Waals surface area contributed by atoms with Crippen molar-refractivity contribution in [1.29, 1.82) is 0 Å². The van der Waals surface area contributed by atoms with Gasteiger partial charge in [0.15, 0.2) is 0 Å². The Morgan fingerprint density at radius 2 is 2.05 bits per heavy atom. The highest BCUT2D eigenvalue weighted by Crippen LogP contribution is 2.29. The van der Waals surface area contributed by atoms with Crippen molar-refractivity contribution in [2.24, 2.45) is 5.73 Å². The largest absolute Gasteiger partial charge is 0.484 e. The third kappa shape index (κ3) is 3.37. The van der Waals surface area contributed by atoms with Crippen LogP contribution in [0.4, 0.5) is 0 Å². The lowest BCUT2D eigenvalue weighted by atomic mass is 10.0. The van der Waals surface area contributed by atoms with Gasteiger partial charge in [-0.2, -0.15) is 11.3 Å². The number of hydrogen-bond acceptors (Lipinski definition) is 3. The van der Waals surface area contributed by atoms with E-state index in [0.29, 0.717) is 0 Å². The maximum absolute atomic E-state index is 6.22. The van der Waals surface area contributed by atoms with Crippen LogP contribution in [0.1, 0.15) is 36.1 Å². The first-order chi connectivity index (χ1) is 9.11. The Hall–Kier alpha value is -1.32. The Kier molecular flexibility index (Phi) is 4.61. The average Bonchev–Trinajstić information content (AvgIpc) is 2.91. The van der Waals surface area contributed by atoms with Crippen molar-refractivity contribution >= 4 is 11.3 Å². The van der Waals surface area contributed by atoms with E-state index >= 15 is 0 Å². The maximum atomic E-state index is 6.22. The van der Waals surface area contributed by atoms with Gasteiger partial charge in [-0.15, -0.1) is 0 Å². The maximum Gasteiger partial charge on any atom is 0.140 e. The van der Waals surface area contributed by atoms with Crippen molar-refractivity contribution in [2.75, 3.05) is 0 Å². The SMILES string of the molecule is CCC(N)C(Oc1ccc(C)cc1C)c1ccsc1. The molecule has 0 aliphatic heterocycles. The predicted molar refractivity (Wildman–Crippen MR) is 81.9 cm³/mol. The molecule has 0 spiro atoms. The van der Waals surface area contributed by atoms with Crippen molar-refractivity contribution < 1.29 is 4.74 Å². The molecular weight excluding hydrogens is 254 g/mol. The number of aryl methyl sites for hydroxylation is 2. The average molecular weight is 275 g/mol. The van der Waals surface area contributed by atoms with Gasteiger partial charge in [0.05, 0.1) is 0 Å². The highest BCUT2D eigenvalue weighted by atomic mass is 32.1. The van der Waals surface area contributed by atoms with E-state index in [1.165, 1.54) is 11.1 Å². The van der Waals surface area contributed by atoms with Crippen molar-refractivity contribution in [3.05, 3.63) is 51.7 Å². The van der Waals surface area contributed by atoms with E-state index < -0.39 is 0 Å². The number of hydrogen-bond donors (Lipinski definition) is 1. The minimum absolute atomic E-state index is 0.00954. The Labute approximate surface area is 119 Å². The molecule has 0 bridgehead atoms. The Morgan fingerprint density at radius 3 is 2.63 bits per heavy atom. The second kappa shape index (κ2) is 6.22. The minimum atomic E-state index is -0.0716. The molecule has 2 unspecified atom stereocenters. The van der Waals surface area contributed by atoms with Crippen LogP contribution in [0.5, 0.6) is 5.75 Å². The van der Waals surface area contributed by atoms with Crippen LogP contribution < -0.4 is 10.5 Å². The zero-order valence-electron chi connectivity index (χ0n) is 11.7. The third-order valence-electron chi connectivity index (χ3n) is 3.32. The summed E-state index contributed by atoms with van der Waals surface area (Å²) >= 11 is 1.68. The van der Waals surface area contributed by atoms with Crippen LogP contribution >= 0.6 is 11.3 Å². The van der Waals surface area contributed by atoms with E-state index in [9.17, 15) is 0 Å². The molecule has 0 radical (unpaired) electrons. The Morgan fingerprint density at radius 1 is 1.26 bits per heavy atom. The van der Waals surface area contributed by atoms with Gasteiger partial charge in [-0.25, -0.2) is 0 Å².